The summed E-state index contributed by atoms with van der Waals surface area (Å²) < 4.78 is 35.8. The zero-order valence-electron chi connectivity index (χ0n) is 19.0. The third-order valence-electron chi connectivity index (χ3n) is 5.10. The molecule has 33 heavy (non-hydrogen) atoms. The lowest BCUT2D eigenvalue weighted by Gasteiger charge is -2.24. The molecule has 174 valence electrons. The second-order valence-corrected chi connectivity index (χ2v) is 9.78. The van der Waals surface area contributed by atoms with Crippen molar-refractivity contribution >= 4 is 16.1 Å². The zero-order valence-corrected chi connectivity index (χ0v) is 19.8. The first kappa shape index (κ1) is 24.5. The molecule has 0 radical (unpaired) electrons. The van der Waals surface area contributed by atoms with Gasteiger partial charge in [-0.15, -0.1) is 0 Å². The predicted octanol–water partition coefficient (Wildman–Crippen LogP) is 4.37. The van der Waals surface area contributed by atoms with Crippen LogP contribution in [-0.4, -0.2) is 26.5 Å². The summed E-state index contributed by atoms with van der Waals surface area (Å²) in [6, 6.07) is 21.9. The minimum Gasteiger partial charge on any atom is -0.462 e. The van der Waals surface area contributed by atoms with E-state index in [0.29, 0.717) is 12.0 Å². The zero-order chi connectivity index (χ0) is 24.0. The number of hydrogen-bond acceptors (Lipinski definition) is 6. The van der Waals surface area contributed by atoms with E-state index >= 15 is 0 Å². The second-order valence-electron chi connectivity index (χ2n) is 8.24. The Kier molecular flexibility index (Phi) is 7.89. The Hall–Kier alpha value is -3.16. The molecule has 2 N–H and O–H groups in total. The number of benzene rings is 3. The van der Waals surface area contributed by atoms with Gasteiger partial charge in [-0.2, -0.15) is 8.42 Å². The van der Waals surface area contributed by atoms with Crippen molar-refractivity contribution in [2.45, 2.75) is 50.2 Å². The molecule has 2 atom stereocenters. The molecule has 7 heteroatoms. The second kappa shape index (κ2) is 10.6. The lowest BCUT2D eigenvalue weighted by molar-refractivity contribution is -0.149. The molecule has 0 saturated carbocycles. The van der Waals surface area contributed by atoms with Gasteiger partial charge in [-0.3, -0.25) is 4.79 Å². The molecule has 0 amide bonds. The smallest absolute Gasteiger partial charge is 0.339 e. The highest BCUT2D eigenvalue weighted by Gasteiger charge is 2.30. The third kappa shape index (κ3) is 6.66. The normalized spacial score (nSPS) is 13.4. The molecule has 2 unspecified atom stereocenters. The summed E-state index contributed by atoms with van der Waals surface area (Å²) in [5.41, 5.74) is 9.05. The van der Waals surface area contributed by atoms with Gasteiger partial charge in [0.1, 0.15) is 10.6 Å². The monoisotopic (exact) mass is 467 g/mol. The summed E-state index contributed by atoms with van der Waals surface area (Å²) >= 11 is 0. The quantitative estimate of drug-likeness (QED) is 0.371. The SMILES string of the molecule is Cc1ccc(S(=O)(=O)Oc2ccc(C(C(=O)OC(C)C)C(N)Cc3ccccc3)cc2)cc1. The van der Waals surface area contributed by atoms with Gasteiger partial charge >= 0.3 is 16.1 Å². The summed E-state index contributed by atoms with van der Waals surface area (Å²) in [5.74, 6) is -0.989. The van der Waals surface area contributed by atoms with Gasteiger partial charge in [0.2, 0.25) is 0 Å². The van der Waals surface area contributed by atoms with E-state index in [0.717, 1.165) is 11.1 Å². The summed E-state index contributed by atoms with van der Waals surface area (Å²) in [6.45, 7) is 5.44. The Labute approximate surface area is 195 Å². The average Bonchev–Trinajstić information content (AvgIpc) is 2.75. The van der Waals surface area contributed by atoms with Crippen molar-refractivity contribution in [1.82, 2.24) is 0 Å². The number of aryl methyl sites for hydroxylation is 1. The maximum absolute atomic E-state index is 12.9. The van der Waals surface area contributed by atoms with Crippen LogP contribution in [0.5, 0.6) is 5.75 Å². The standard InChI is InChI=1S/C26H29NO5S/c1-18(2)31-26(28)25(24(27)17-20-7-5-4-6-8-20)21-11-13-22(14-12-21)32-33(29,30)23-15-9-19(3)10-16-23/h4-16,18,24-25H,17,27H2,1-3H3. The Morgan fingerprint density at radius 1 is 0.909 bits per heavy atom. The van der Waals surface area contributed by atoms with Crippen molar-refractivity contribution < 1.29 is 22.1 Å². The van der Waals surface area contributed by atoms with E-state index in [1.807, 2.05) is 37.3 Å². The minimum absolute atomic E-state index is 0.0699. The fourth-order valence-electron chi connectivity index (χ4n) is 3.48. The summed E-state index contributed by atoms with van der Waals surface area (Å²) in [5, 5.41) is 0. The van der Waals surface area contributed by atoms with Crippen molar-refractivity contribution in [3.05, 3.63) is 95.6 Å². The molecule has 0 aliphatic heterocycles. The Morgan fingerprint density at radius 2 is 1.52 bits per heavy atom. The van der Waals surface area contributed by atoms with Crippen LogP contribution in [0.25, 0.3) is 0 Å². The molecule has 3 aromatic rings. The van der Waals surface area contributed by atoms with Crippen LogP contribution in [0, 0.1) is 6.92 Å². The number of carbonyl (C=O) groups is 1. The summed E-state index contributed by atoms with van der Waals surface area (Å²) in [6.07, 6.45) is 0.199. The maximum atomic E-state index is 12.9. The first-order valence-electron chi connectivity index (χ1n) is 10.8. The van der Waals surface area contributed by atoms with Crippen molar-refractivity contribution in [2.75, 3.05) is 0 Å². The molecule has 0 heterocycles. The highest BCUT2D eigenvalue weighted by Crippen LogP contribution is 2.27. The van der Waals surface area contributed by atoms with Crippen LogP contribution >= 0.6 is 0 Å². The first-order valence-corrected chi connectivity index (χ1v) is 12.2. The van der Waals surface area contributed by atoms with E-state index in [4.69, 9.17) is 14.7 Å². The van der Waals surface area contributed by atoms with E-state index in [2.05, 4.69) is 0 Å². The van der Waals surface area contributed by atoms with Crippen molar-refractivity contribution in [3.63, 3.8) is 0 Å². The fourth-order valence-corrected chi connectivity index (χ4v) is 4.41. The van der Waals surface area contributed by atoms with Gasteiger partial charge in [-0.05, 0) is 62.6 Å². The molecule has 0 bridgehead atoms. The van der Waals surface area contributed by atoms with Gasteiger partial charge in [0, 0.05) is 6.04 Å². The summed E-state index contributed by atoms with van der Waals surface area (Å²) in [7, 11) is -3.97. The Balaban J connectivity index is 1.82. The lowest BCUT2D eigenvalue weighted by atomic mass is 9.88. The van der Waals surface area contributed by atoms with Crippen LogP contribution in [-0.2, 0) is 26.1 Å². The van der Waals surface area contributed by atoms with E-state index < -0.39 is 28.0 Å². The van der Waals surface area contributed by atoms with Gasteiger partial charge in [0.05, 0.1) is 12.0 Å². The number of rotatable bonds is 9. The molecular weight excluding hydrogens is 438 g/mol. The van der Waals surface area contributed by atoms with Gasteiger partial charge in [-0.1, -0.05) is 60.2 Å². The molecule has 6 nitrogen and oxygen atoms in total. The molecule has 3 rings (SSSR count). The molecule has 0 aliphatic rings. The molecule has 0 fully saturated rings. The Bertz CT molecular complexity index is 1160. The van der Waals surface area contributed by atoms with Crippen LogP contribution in [0.4, 0.5) is 0 Å². The van der Waals surface area contributed by atoms with Crippen LogP contribution in [0.3, 0.4) is 0 Å². The van der Waals surface area contributed by atoms with Crippen molar-refractivity contribution in [2.24, 2.45) is 5.73 Å². The van der Waals surface area contributed by atoms with Crippen LogP contribution < -0.4 is 9.92 Å². The number of hydrogen-bond donors (Lipinski definition) is 1. The van der Waals surface area contributed by atoms with E-state index in [-0.39, 0.29) is 16.7 Å². The summed E-state index contributed by atoms with van der Waals surface area (Å²) in [4.78, 5) is 13.0. The number of nitrogens with two attached hydrogens (primary N) is 1. The molecule has 0 aliphatic carbocycles. The van der Waals surface area contributed by atoms with E-state index in [1.165, 1.54) is 24.3 Å². The minimum atomic E-state index is -3.97. The maximum Gasteiger partial charge on any atom is 0.339 e. The van der Waals surface area contributed by atoms with Crippen LogP contribution in [0.15, 0.2) is 83.8 Å². The average molecular weight is 468 g/mol. The molecule has 0 aromatic heterocycles. The molecular formula is C26H29NO5S. The first-order chi connectivity index (χ1) is 15.7. The van der Waals surface area contributed by atoms with Gasteiger partial charge in [0.15, 0.2) is 0 Å². The number of ether oxygens (including phenoxy) is 1. The Morgan fingerprint density at radius 3 is 2.09 bits per heavy atom. The van der Waals surface area contributed by atoms with E-state index in [9.17, 15) is 13.2 Å². The van der Waals surface area contributed by atoms with Crippen LogP contribution in [0.2, 0.25) is 0 Å². The van der Waals surface area contributed by atoms with Crippen LogP contribution in [0.1, 0.15) is 36.5 Å². The van der Waals surface area contributed by atoms with Gasteiger partial charge in [-0.25, -0.2) is 0 Å². The number of carbonyl (C=O) groups excluding carboxylic acids is 1. The predicted molar refractivity (Wildman–Crippen MR) is 128 cm³/mol. The van der Waals surface area contributed by atoms with E-state index in [1.54, 1.807) is 38.1 Å². The van der Waals surface area contributed by atoms with Crippen molar-refractivity contribution in [1.29, 1.82) is 0 Å². The van der Waals surface area contributed by atoms with Crippen molar-refractivity contribution in [3.8, 4) is 5.75 Å². The third-order valence-corrected chi connectivity index (χ3v) is 6.36. The number of esters is 1. The highest BCUT2D eigenvalue weighted by molar-refractivity contribution is 7.87. The molecule has 0 saturated heterocycles. The molecule has 0 spiro atoms. The lowest BCUT2D eigenvalue weighted by Crippen LogP contribution is -2.37. The largest absolute Gasteiger partial charge is 0.462 e. The highest BCUT2D eigenvalue weighted by atomic mass is 32.2. The fraction of sp³-hybridized carbons (Fsp3) is 0.269. The molecule has 3 aromatic carbocycles. The van der Waals surface area contributed by atoms with Gasteiger partial charge in [0.25, 0.3) is 0 Å². The van der Waals surface area contributed by atoms with Gasteiger partial charge < -0.3 is 14.7 Å². The topological polar surface area (TPSA) is 95.7 Å².